The summed E-state index contributed by atoms with van der Waals surface area (Å²) in [4.78, 5) is 19.0. The molecule has 3 fully saturated rings. The van der Waals surface area contributed by atoms with Crippen molar-refractivity contribution >= 4 is 29.1 Å². The SMILES string of the molecule is O=C1N(c2ccc(C3CC3)c(F)c2)CCCN1C1CCN(c2ccc(Cl)nn2)C1. The van der Waals surface area contributed by atoms with E-state index >= 15 is 0 Å². The molecule has 3 aliphatic rings. The molecule has 2 aliphatic heterocycles. The van der Waals surface area contributed by atoms with Crippen LogP contribution in [-0.4, -0.2) is 53.3 Å². The number of urea groups is 1. The van der Waals surface area contributed by atoms with Crippen LogP contribution in [0.15, 0.2) is 30.3 Å². The number of carbonyl (C=O) groups is 1. The number of anilines is 2. The smallest absolute Gasteiger partial charge is 0.324 e. The third kappa shape index (κ3) is 3.64. The van der Waals surface area contributed by atoms with E-state index in [0.29, 0.717) is 29.8 Å². The molecule has 6 nitrogen and oxygen atoms in total. The predicted molar refractivity (Wildman–Crippen MR) is 110 cm³/mol. The minimum absolute atomic E-state index is 0.0381. The van der Waals surface area contributed by atoms with Crippen molar-refractivity contribution in [3.8, 4) is 0 Å². The summed E-state index contributed by atoms with van der Waals surface area (Å²) in [6.45, 7) is 2.87. The normalized spacial score (nSPS) is 22.5. The average molecular weight is 416 g/mol. The van der Waals surface area contributed by atoms with E-state index in [2.05, 4.69) is 15.1 Å². The van der Waals surface area contributed by atoms with Crippen molar-refractivity contribution in [2.45, 2.75) is 37.6 Å². The maximum atomic E-state index is 14.5. The first-order valence-electron chi connectivity index (χ1n) is 10.2. The van der Waals surface area contributed by atoms with Crippen molar-refractivity contribution in [1.82, 2.24) is 15.1 Å². The van der Waals surface area contributed by atoms with Crippen LogP contribution < -0.4 is 9.80 Å². The minimum Gasteiger partial charge on any atom is -0.353 e. The van der Waals surface area contributed by atoms with Gasteiger partial charge in [-0.3, -0.25) is 4.90 Å². The summed E-state index contributed by atoms with van der Waals surface area (Å²) in [5.41, 5.74) is 1.44. The van der Waals surface area contributed by atoms with Crippen molar-refractivity contribution in [2.75, 3.05) is 36.0 Å². The lowest BCUT2D eigenvalue weighted by Gasteiger charge is -2.39. The molecule has 2 aromatic rings. The van der Waals surface area contributed by atoms with E-state index in [1.54, 1.807) is 11.0 Å². The largest absolute Gasteiger partial charge is 0.353 e. The second-order valence-corrected chi connectivity index (χ2v) is 8.45. The molecule has 1 unspecified atom stereocenters. The van der Waals surface area contributed by atoms with Crippen molar-refractivity contribution in [3.63, 3.8) is 0 Å². The van der Waals surface area contributed by atoms with Gasteiger partial charge in [-0.1, -0.05) is 17.7 Å². The Morgan fingerprint density at radius 3 is 2.62 bits per heavy atom. The van der Waals surface area contributed by atoms with Gasteiger partial charge in [0.15, 0.2) is 11.0 Å². The Morgan fingerprint density at radius 1 is 1.03 bits per heavy atom. The number of nitrogens with zero attached hydrogens (tertiary/aromatic N) is 5. The maximum absolute atomic E-state index is 14.5. The van der Waals surface area contributed by atoms with E-state index in [1.807, 2.05) is 23.1 Å². The zero-order chi connectivity index (χ0) is 20.0. The lowest BCUT2D eigenvalue weighted by molar-refractivity contribution is 0.175. The van der Waals surface area contributed by atoms with Crippen LogP contribution in [0.2, 0.25) is 5.15 Å². The fourth-order valence-electron chi connectivity index (χ4n) is 4.42. The Hall–Kier alpha value is -2.41. The summed E-state index contributed by atoms with van der Waals surface area (Å²) < 4.78 is 14.5. The maximum Gasteiger partial charge on any atom is 0.324 e. The van der Waals surface area contributed by atoms with Gasteiger partial charge < -0.3 is 9.80 Å². The number of halogens is 2. The summed E-state index contributed by atoms with van der Waals surface area (Å²) in [5.74, 6) is 0.942. The summed E-state index contributed by atoms with van der Waals surface area (Å²) in [7, 11) is 0. The second kappa shape index (κ2) is 7.44. The van der Waals surface area contributed by atoms with E-state index in [9.17, 15) is 9.18 Å². The number of aromatic nitrogens is 2. The molecule has 3 heterocycles. The zero-order valence-electron chi connectivity index (χ0n) is 16.1. The number of benzene rings is 1. The molecule has 29 heavy (non-hydrogen) atoms. The number of hydrogen-bond acceptors (Lipinski definition) is 4. The molecule has 0 bridgehead atoms. The van der Waals surface area contributed by atoms with E-state index in [1.165, 1.54) is 6.07 Å². The van der Waals surface area contributed by atoms with Gasteiger partial charge in [0.1, 0.15) is 5.82 Å². The standard InChI is InChI=1S/C21H23ClFN5O/c22-19-6-7-20(25-24-19)26-11-8-16(13-26)28-10-1-9-27(21(28)29)15-4-5-17(14-2-3-14)18(23)12-15/h4-7,12,14,16H,1-3,8-11,13H2. The fourth-order valence-corrected chi connectivity index (χ4v) is 4.52. The van der Waals surface area contributed by atoms with E-state index in [4.69, 9.17) is 11.6 Å². The molecule has 1 aromatic heterocycles. The number of rotatable bonds is 4. The molecule has 0 N–H and O–H groups in total. The molecule has 1 aromatic carbocycles. The fraction of sp³-hybridized carbons (Fsp3) is 0.476. The molecule has 5 rings (SSSR count). The zero-order valence-corrected chi connectivity index (χ0v) is 16.9. The quantitative estimate of drug-likeness (QED) is 0.755. The molecular weight excluding hydrogens is 393 g/mol. The van der Waals surface area contributed by atoms with Crippen LogP contribution in [0.25, 0.3) is 0 Å². The molecule has 152 valence electrons. The van der Waals surface area contributed by atoms with Gasteiger partial charge in [0, 0.05) is 31.9 Å². The van der Waals surface area contributed by atoms with Gasteiger partial charge in [-0.05, 0) is 61.4 Å². The Labute approximate surface area is 174 Å². The summed E-state index contributed by atoms with van der Waals surface area (Å²) in [6, 6.07) is 8.92. The topological polar surface area (TPSA) is 52.6 Å². The first-order chi connectivity index (χ1) is 14.1. The molecule has 0 spiro atoms. The van der Waals surface area contributed by atoms with Crippen molar-refractivity contribution in [1.29, 1.82) is 0 Å². The predicted octanol–water partition coefficient (Wildman–Crippen LogP) is 4.06. The van der Waals surface area contributed by atoms with Crippen LogP contribution >= 0.6 is 11.6 Å². The Bertz CT molecular complexity index is 920. The molecule has 1 atom stereocenters. The van der Waals surface area contributed by atoms with Crippen molar-refractivity contribution in [3.05, 3.63) is 46.9 Å². The number of hydrogen-bond donors (Lipinski definition) is 0. The van der Waals surface area contributed by atoms with Gasteiger partial charge in [0.25, 0.3) is 0 Å². The second-order valence-electron chi connectivity index (χ2n) is 8.06. The summed E-state index contributed by atoms with van der Waals surface area (Å²) in [5, 5.41) is 8.42. The average Bonchev–Trinajstić information content (AvgIpc) is 3.45. The van der Waals surface area contributed by atoms with Crippen molar-refractivity contribution < 1.29 is 9.18 Å². The Balaban J connectivity index is 1.30. The third-order valence-electron chi connectivity index (χ3n) is 6.12. The van der Waals surface area contributed by atoms with Gasteiger partial charge in [-0.25, -0.2) is 9.18 Å². The molecule has 1 aliphatic carbocycles. The number of carbonyl (C=O) groups excluding carboxylic acids is 1. The van der Waals surface area contributed by atoms with Crippen LogP contribution in [0, 0.1) is 5.82 Å². The summed E-state index contributed by atoms with van der Waals surface area (Å²) in [6.07, 6.45) is 3.86. The van der Waals surface area contributed by atoms with Crippen molar-refractivity contribution in [2.24, 2.45) is 0 Å². The first-order valence-corrected chi connectivity index (χ1v) is 10.6. The van der Waals surface area contributed by atoms with Gasteiger partial charge in [0.05, 0.1) is 6.04 Å². The van der Waals surface area contributed by atoms with E-state index < -0.39 is 0 Å². The van der Waals surface area contributed by atoms with E-state index in [-0.39, 0.29) is 17.9 Å². The highest BCUT2D eigenvalue weighted by Gasteiger charge is 2.36. The Kier molecular flexibility index (Phi) is 4.78. The summed E-state index contributed by atoms with van der Waals surface area (Å²) >= 11 is 5.83. The minimum atomic E-state index is -0.191. The molecule has 8 heteroatoms. The van der Waals surface area contributed by atoms with Crippen LogP contribution in [0.1, 0.15) is 37.2 Å². The highest BCUT2D eigenvalue weighted by atomic mass is 35.5. The molecule has 0 radical (unpaired) electrons. The van der Waals surface area contributed by atoms with Gasteiger partial charge >= 0.3 is 6.03 Å². The molecular formula is C21H23ClFN5O. The van der Waals surface area contributed by atoms with Crippen LogP contribution in [0.3, 0.4) is 0 Å². The van der Waals surface area contributed by atoms with Gasteiger partial charge in [-0.2, -0.15) is 0 Å². The molecule has 1 saturated carbocycles. The van der Waals surface area contributed by atoms with Gasteiger partial charge in [0.2, 0.25) is 0 Å². The van der Waals surface area contributed by atoms with E-state index in [0.717, 1.165) is 50.2 Å². The van der Waals surface area contributed by atoms with Crippen LogP contribution in [0.4, 0.5) is 20.7 Å². The van der Waals surface area contributed by atoms with Crippen LogP contribution in [-0.2, 0) is 0 Å². The highest BCUT2D eigenvalue weighted by molar-refractivity contribution is 6.29. The third-order valence-corrected chi connectivity index (χ3v) is 6.32. The first kappa shape index (κ1) is 18.6. The number of amides is 2. The van der Waals surface area contributed by atoms with Gasteiger partial charge in [-0.15, -0.1) is 10.2 Å². The highest BCUT2D eigenvalue weighted by Crippen LogP contribution is 2.42. The molecule has 2 saturated heterocycles. The molecule has 2 amide bonds. The lowest BCUT2D eigenvalue weighted by Crippen LogP contribution is -2.54. The monoisotopic (exact) mass is 415 g/mol. The Morgan fingerprint density at radius 2 is 1.90 bits per heavy atom. The van der Waals surface area contributed by atoms with Crippen LogP contribution in [0.5, 0.6) is 0 Å². The lowest BCUT2D eigenvalue weighted by atomic mass is 10.1.